The molecule has 3 heterocycles. The number of nitrogen functional groups attached to an aromatic ring is 1. The molecule has 34 heavy (non-hydrogen) atoms. The quantitative estimate of drug-likeness (QED) is 0.369. The van der Waals surface area contributed by atoms with E-state index in [1.54, 1.807) is 18.6 Å². The summed E-state index contributed by atoms with van der Waals surface area (Å²) in [5.41, 5.74) is 14.5. The molecule has 0 spiro atoms. The molecule has 0 aliphatic carbocycles. The Hall–Kier alpha value is -4.45. The first kappa shape index (κ1) is 21.4. The largest absolute Gasteiger partial charge is 0.397 e. The number of pyridine rings is 2. The zero-order valence-electron chi connectivity index (χ0n) is 18.9. The van der Waals surface area contributed by atoms with E-state index >= 15 is 0 Å². The van der Waals surface area contributed by atoms with Crippen molar-refractivity contribution in [3.63, 3.8) is 0 Å². The molecule has 2 aromatic heterocycles. The van der Waals surface area contributed by atoms with Crippen molar-refractivity contribution in [3.8, 4) is 22.4 Å². The molecular formula is C28H25N5O. The molecule has 4 N–H and O–H groups in total. The van der Waals surface area contributed by atoms with Crippen LogP contribution in [0.3, 0.4) is 0 Å². The van der Waals surface area contributed by atoms with Gasteiger partial charge in [-0.15, -0.1) is 0 Å². The van der Waals surface area contributed by atoms with E-state index in [2.05, 4.69) is 27.5 Å². The van der Waals surface area contributed by atoms with Crippen LogP contribution in [0.4, 0.5) is 17.1 Å². The van der Waals surface area contributed by atoms with Crippen LogP contribution >= 0.6 is 0 Å². The molecule has 0 saturated carbocycles. The number of amides is 1. The van der Waals surface area contributed by atoms with Crippen molar-refractivity contribution < 1.29 is 4.79 Å². The molecule has 5 rings (SSSR count). The number of rotatable bonds is 5. The van der Waals surface area contributed by atoms with E-state index in [0.29, 0.717) is 23.5 Å². The first-order valence-electron chi connectivity index (χ1n) is 11.3. The minimum atomic E-state index is -0.142. The maximum Gasteiger partial charge on any atom is 0.256 e. The lowest BCUT2D eigenvalue weighted by Crippen LogP contribution is -2.22. The van der Waals surface area contributed by atoms with Gasteiger partial charge in [0.15, 0.2) is 0 Å². The second-order valence-electron chi connectivity index (χ2n) is 8.21. The number of nitrogens with one attached hydrogen (secondary N) is 2. The van der Waals surface area contributed by atoms with Crippen LogP contribution in [0, 0.1) is 0 Å². The van der Waals surface area contributed by atoms with Crippen molar-refractivity contribution >= 4 is 28.5 Å². The molecule has 0 unspecified atom stereocenters. The normalized spacial score (nSPS) is 12.6. The van der Waals surface area contributed by atoms with Gasteiger partial charge in [-0.1, -0.05) is 43.3 Å². The zero-order chi connectivity index (χ0) is 23.5. The highest BCUT2D eigenvalue weighted by molar-refractivity contribution is 6.28. The standard InChI is InChI=1S/C28H25N5O/c1-2-18-15-31-26-10-8-20(21-12-22(29)16-30-14-21)13-24(26)27(18)28(34)33-23-9-11-25(32-17-23)19-6-4-3-5-7-19/h3-14,16-17,31H,2,15,29H2,1H3,(H,33,34). The van der Waals surface area contributed by atoms with Crippen LogP contribution in [-0.4, -0.2) is 22.4 Å². The van der Waals surface area contributed by atoms with Gasteiger partial charge >= 0.3 is 0 Å². The Morgan fingerprint density at radius 1 is 0.971 bits per heavy atom. The summed E-state index contributed by atoms with van der Waals surface area (Å²) >= 11 is 0. The van der Waals surface area contributed by atoms with Crippen LogP contribution in [0.5, 0.6) is 0 Å². The second-order valence-corrected chi connectivity index (χ2v) is 8.21. The molecular weight excluding hydrogens is 422 g/mol. The van der Waals surface area contributed by atoms with Gasteiger partial charge in [-0.2, -0.15) is 0 Å². The molecule has 6 nitrogen and oxygen atoms in total. The Morgan fingerprint density at radius 2 is 1.82 bits per heavy atom. The highest BCUT2D eigenvalue weighted by Crippen LogP contribution is 2.36. The van der Waals surface area contributed by atoms with Crippen molar-refractivity contribution in [3.05, 3.63) is 96.5 Å². The van der Waals surface area contributed by atoms with E-state index in [1.807, 2.05) is 66.7 Å². The molecule has 2 aromatic carbocycles. The molecule has 0 atom stereocenters. The van der Waals surface area contributed by atoms with Crippen LogP contribution < -0.4 is 16.4 Å². The summed E-state index contributed by atoms with van der Waals surface area (Å²) in [6, 6.07) is 21.7. The first-order chi connectivity index (χ1) is 16.6. The third-order valence-corrected chi connectivity index (χ3v) is 5.97. The third kappa shape index (κ3) is 4.26. The first-order valence-corrected chi connectivity index (χ1v) is 11.3. The Kier molecular flexibility index (Phi) is 5.79. The molecule has 4 aromatic rings. The zero-order valence-corrected chi connectivity index (χ0v) is 18.9. The number of aromatic nitrogens is 2. The van der Waals surface area contributed by atoms with Gasteiger partial charge in [0.1, 0.15) is 0 Å². The SMILES string of the molecule is CCC1=C(C(=O)Nc2ccc(-c3ccccc3)nc2)c2cc(-c3cncc(N)c3)ccc2NC1. The summed E-state index contributed by atoms with van der Waals surface area (Å²) < 4.78 is 0. The van der Waals surface area contributed by atoms with Gasteiger partial charge in [0, 0.05) is 46.9 Å². The molecule has 0 saturated heterocycles. The van der Waals surface area contributed by atoms with E-state index in [9.17, 15) is 4.79 Å². The molecule has 1 amide bonds. The number of benzene rings is 2. The maximum atomic E-state index is 13.5. The summed E-state index contributed by atoms with van der Waals surface area (Å²) in [6.45, 7) is 2.70. The van der Waals surface area contributed by atoms with E-state index < -0.39 is 0 Å². The van der Waals surface area contributed by atoms with Crippen LogP contribution in [-0.2, 0) is 4.79 Å². The lowest BCUT2D eigenvalue weighted by atomic mass is 9.90. The van der Waals surface area contributed by atoms with Crippen LogP contribution in [0.2, 0.25) is 0 Å². The number of fused-ring (bicyclic) bond motifs is 1. The molecule has 0 radical (unpaired) electrons. The number of nitrogens with two attached hydrogens (primary N) is 1. The molecule has 1 aliphatic rings. The summed E-state index contributed by atoms with van der Waals surface area (Å²) in [5.74, 6) is -0.142. The van der Waals surface area contributed by atoms with Gasteiger partial charge in [0.2, 0.25) is 0 Å². The minimum Gasteiger partial charge on any atom is -0.397 e. The van der Waals surface area contributed by atoms with Crippen molar-refractivity contribution in [2.75, 3.05) is 22.9 Å². The Bertz CT molecular complexity index is 1380. The van der Waals surface area contributed by atoms with Crippen molar-refractivity contribution in [1.82, 2.24) is 9.97 Å². The van der Waals surface area contributed by atoms with Crippen molar-refractivity contribution in [2.45, 2.75) is 13.3 Å². The smallest absolute Gasteiger partial charge is 0.256 e. The fraction of sp³-hybridized carbons (Fsp3) is 0.107. The van der Waals surface area contributed by atoms with E-state index in [4.69, 9.17) is 5.73 Å². The summed E-state index contributed by atoms with van der Waals surface area (Å²) in [7, 11) is 0. The number of carbonyl (C=O) groups excluding carboxylic acids is 1. The Morgan fingerprint density at radius 3 is 2.56 bits per heavy atom. The van der Waals surface area contributed by atoms with Gasteiger partial charge in [-0.3, -0.25) is 14.8 Å². The average Bonchev–Trinajstić information content (AvgIpc) is 2.88. The Labute approximate surface area is 198 Å². The number of nitrogens with zero attached hydrogens (tertiary/aromatic N) is 2. The fourth-order valence-electron chi connectivity index (χ4n) is 4.21. The van der Waals surface area contributed by atoms with Crippen LogP contribution in [0.25, 0.3) is 28.0 Å². The van der Waals surface area contributed by atoms with Crippen LogP contribution in [0.15, 0.2) is 90.9 Å². The monoisotopic (exact) mass is 447 g/mol. The minimum absolute atomic E-state index is 0.142. The number of hydrogen-bond donors (Lipinski definition) is 3. The maximum absolute atomic E-state index is 13.5. The highest BCUT2D eigenvalue weighted by atomic mass is 16.1. The van der Waals surface area contributed by atoms with Gasteiger partial charge in [0.05, 0.1) is 23.3 Å². The summed E-state index contributed by atoms with van der Waals surface area (Å²) in [5, 5.41) is 6.48. The fourth-order valence-corrected chi connectivity index (χ4v) is 4.21. The van der Waals surface area contributed by atoms with Crippen molar-refractivity contribution in [2.24, 2.45) is 0 Å². The predicted molar refractivity (Wildman–Crippen MR) is 138 cm³/mol. The number of hydrogen-bond acceptors (Lipinski definition) is 5. The lowest BCUT2D eigenvalue weighted by molar-refractivity contribution is -0.111. The topological polar surface area (TPSA) is 92.9 Å². The molecule has 0 fully saturated rings. The number of carbonyl (C=O) groups is 1. The molecule has 6 heteroatoms. The number of anilines is 3. The van der Waals surface area contributed by atoms with E-state index in [-0.39, 0.29) is 5.91 Å². The summed E-state index contributed by atoms with van der Waals surface area (Å²) in [6.07, 6.45) is 5.86. The average molecular weight is 448 g/mol. The van der Waals surface area contributed by atoms with E-state index in [1.165, 1.54) is 0 Å². The lowest BCUT2D eigenvalue weighted by Gasteiger charge is -2.25. The molecule has 168 valence electrons. The van der Waals surface area contributed by atoms with Gasteiger partial charge in [-0.05, 0) is 47.9 Å². The van der Waals surface area contributed by atoms with E-state index in [0.717, 1.165) is 45.6 Å². The van der Waals surface area contributed by atoms with Crippen LogP contribution in [0.1, 0.15) is 18.9 Å². The molecule has 1 aliphatic heterocycles. The van der Waals surface area contributed by atoms with Gasteiger partial charge in [0.25, 0.3) is 5.91 Å². The highest BCUT2D eigenvalue weighted by Gasteiger charge is 2.24. The van der Waals surface area contributed by atoms with Gasteiger partial charge in [-0.25, -0.2) is 0 Å². The predicted octanol–water partition coefficient (Wildman–Crippen LogP) is 5.62. The second kappa shape index (κ2) is 9.19. The van der Waals surface area contributed by atoms with Gasteiger partial charge < -0.3 is 16.4 Å². The van der Waals surface area contributed by atoms with Crippen molar-refractivity contribution in [1.29, 1.82) is 0 Å². The third-order valence-electron chi connectivity index (χ3n) is 5.97. The Balaban J connectivity index is 1.46. The molecule has 0 bridgehead atoms. The summed E-state index contributed by atoms with van der Waals surface area (Å²) in [4.78, 5) is 22.2.